The van der Waals surface area contributed by atoms with Crippen molar-refractivity contribution in [2.75, 3.05) is 0 Å². The quantitative estimate of drug-likeness (QED) is 0.689. The molecule has 0 aliphatic carbocycles. The van der Waals surface area contributed by atoms with Crippen LogP contribution in [0, 0.1) is 21.7 Å². The lowest BCUT2D eigenvalue weighted by Gasteiger charge is -2.14. The van der Waals surface area contributed by atoms with Crippen LogP contribution in [0.2, 0.25) is 0 Å². The van der Waals surface area contributed by atoms with Crippen molar-refractivity contribution in [1.29, 1.82) is 0 Å². The Kier molecular flexibility index (Phi) is 4.13. The molecule has 0 aliphatic rings. The molecule has 0 bridgehead atoms. The number of nitro benzene ring substituents is 1. The number of hydrogen-bond donors (Lipinski definition) is 1. The van der Waals surface area contributed by atoms with Gasteiger partial charge in [0.1, 0.15) is 11.6 Å². The summed E-state index contributed by atoms with van der Waals surface area (Å²) in [4.78, 5) is 10.1. The standard InChI is InChI=1S/C14H12F2N2O3/c1-8(17)13-9(15)4-3-7-12(13)21-14-10(16)5-2-6-11(14)18(19)20/h2-8H,17H2,1H3/t8-/m0/s1. The predicted octanol–water partition coefficient (Wildman–Crippen LogP) is 3.69. The zero-order valence-electron chi connectivity index (χ0n) is 11.0. The molecule has 0 saturated heterocycles. The molecule has 0 amide bonds. The highest BCUT2D eigenvalue weighted by atomic mass is 19.1. The maximum Gasteiger partial charge on any atom is 0.314 e. The maximum atomic E-state index is 13.8. The number of para-hydroxylation sites is 1. The van der Waals surface area contributed by atoms with Gasteiger partial charge in [-0.05, 0) is 25.1 Å². The first-order valence-electron chi connectivity index (χ1n) is 6.06. The summed E-state index contributed by atoms with van der Waals surface area (Å²) in [6.07, 6.45) is 0. The van der Waals surface area contributed by atoms with Gasteiger partial charge in [-0.3, -0.25) is 10.1 Å². The summed E-state index contributed by atoms with van der Waals surface area (Å²) in [6, 6.07) is 6.50. The minimum atomic E-state index is -0.913. The SMILES string of the molecule is C[C@H](N)c1c(F)cccc1Oc1c(F)cccc1[N+](=O)[O-]. The Morgan fingerprint density at radius 2 is 1.81 bits per heavy atom. The van der Waals surface area contributed by atoms with E-state index in [4.69, 9.17) is 10.5 Å². The number of halogens is 2. The highest BCUT2D eigenvalue weighted by Gasteiger charge is 2.22. The first kappa shape index (κ1) is 14.9. The van der Waals surface area contributed by atoms with E-state index in [1.165, 1.54) is 31.2 Å². The van der Waals surface area contributed by atoms with Crippen molar-refractivity contribution < 1.29 is 18.4 Å². The van der Waals surface area contributed by atoms with E-state index < -0.39 is 34.0 Å². The van der Waals surface area contributed by atoms with Gasteiger partial charge >= 0.3 is 5.69 Å². The van der Waals surface area contributed by atoms with Crippen molar-refractivity contribution in [2.45, 2.75) is 13.0 Å². The van der Waals surface area contributed by atoms with Gasteiger partial charge in [0.25, 0.3) is 0 Å². The van der Waals surface area contributed by atoms with Gasteiger partial charge < -0.3 is 10.5 Å². The van der Waals surface area contributed by atoms with E-state index in [-0.39, 0.29) is 11.3 Å². The van der Waals surface area contributed by atoms with Crippen LogP contribution in [-0.4, -0.2) is 4.92 Å². The van der Waals surface area contributed by atoms with Gasteiger partial charge in [0.2, 0.25) is 5.75 Å². The van der Waals surface area contributed by atoms with Crippen LogP contribution >= 0.6 is 0 Å². The fraction of sp³-hybridized carbons (Fsp3) is 0.143. The molecule has 2 N–H and O–H groups in total. The Hall–Kier alpha value is -2.54. The van der Waals surface area contributed by atoms with Crippen LogP contribution in [-0.2, 0) is 0 Å². The zero-order chi connectivity index (χ0) is 15.6. The van der Waals surface area contributed by atoms with E-state index in [0.717, 1.165) is 12.1 Å². The van der Waals surface area contributed by atoms with E-state index >= 15 is 0 Å². The molecule has 0 aliphatic heterocycles. The summed E-state index contributed by atoms with van der Waals surface area (Å²) in [5.41, 5.74) is 5.13. The van der Waals surface area contributed by atoms with Crippen molar-refractivity contribution in [3.63, 3.8) is 0 Å². The Morgan fingerprint density at radius 1 is 1.19 bits per heavy atom. The van der Waals surface area contributed by atoms with Gasteiger partial charge in [0, 0.05) is 17.7 Å². The molecular formula is C14H12F2N2O3. The number of nitrogens with zero attached hydrogens (tertiary/aromatic N) is 1. The average Bonchev–Trinajstić information content (AvgIpc) is 2.40. The fourth-order valence-corrected chi connectivity index (χ4v) is 1.90. The van der Waals surface area contributed by atoms with E-state index in [0.29, 0.717) is 0 Å². The lowest BCUT2D eigenvalue weighted by Crippen LogP contribution is -2.09. The zero-order valence-corrected chi connectivity index (χ0v) is 11.0. The monoisotopic (exact) mass is 294 g/mol. The van der Waals surface area contributed by atoms with Gasteiger partial charge in [-0.2, -0.15) is 0 Å². The number of rotatable bonds is 4. The summed E-state index contributed by atoms with van der Waals surface area (Å²) in [7, 11) is 0. The van der Waals surface area contributed by atoms with Crippen LogP contribution in [0.15, 0.2) is 36.4 Å². The molecule has 0 saturated carbocycles. The molecule has 0 heterocycles. The molecular weight excluding hydrogens is 282 g/mol. The summed E-state index contributed by atoms with van der Waals surface area (Å²) < 4.78 is 32.8. The molecule has 0 spiro atoms. The van der Waals surface area contributed by atoms with Gasteiger partial charge in [-0.15, -0.1) is 0 Å². The van der Waals surface area contributed by atoms with Crippen molar-refractivity contribution in [3.05, 3.63) is 63.7 Å². The Bertz CT molecular complexity index is 690. The smallest absolute Gasteiger partial charge is 0.314 e. The maximum absolute atomic E-state index is 13.8. The van der Waals surface area contributed by atoms with Crippen molar-refractivity contribution >= 4 is 5.69 Å². The molecule has 0 aromatic heterocycles. The highest BCUT2D eigenvalue weighted by Crippen LogP contribution is 2.37. The third kappa shape index (κ3) is 2.97. The third-order valence-corrected chi connectivity index (χ3v) is 2.82. The van der Waals surface area contributed by atoms with Crippen molar-refractivity contribution in [3.8, 4) is 11.5 Å². The topological polar surface area (TPSA) is 78.4 Å². The number of benzene rings is 2. The molecule has 0 radical (unpaired) electrons. The largest absolute Gasteiger partial charge is 0.447 e. The lowest BCUT2D eigenvalue weighted by molar-refractivity contribution is -0.385. The van der Waals surface area contributed by atoms with Crippen LogP contribution in [0.5, 0.6) is 11.5 Å². The van der Waals surface area contributed by atoms with Gasteiger partial charge in [-0.1, -0.05) is 12.1 Å². The normalized spacial score (nSPS) is 12.0. The minimum absolute atomic E-state index is 0.0232. The summed E-state index contributed by atoms with van der Waals surface area (Å²) >= 11 is 0. The fourth-order valence-electron chi connectivity index (χ4n) is 1.90. The predicted molar refractivity (Wildman–Crippen MR) is 72.1 cm³/mol. The second-order valence-electron chi connectivity index (χ2n) is 4.39. The van der Waals surface area contributed by atoms with Crippen LogP contribution in [0.1, 0.15) is 18.5 Å². The van der Waals surface area contributed by atoms with Crippen LogP contribution in [0.3, 0.4) is 0 Å². The summed E-state index contributed by atoms with van der Waals surface area (Å²) in [5, 5.41) is 10.9. The van der Waals surface area contributed by atoms with Crippen molar-refractivity contribution in [2.24, 2.45) is 5.73 Å². The third-order valence-electron chi connectivity index (χ3n) is 2.82. The molecule has 0 unspecified atom stereocenters. The number of ether oxygens (including phenoxy) is 1. The molecule has 2 aromatic rings. The van der Waals surface area contributed by atoms with Crippen LogP contribution in [0.25, 0.3) is 0 Å². The highest BCUT2D eigenvalue weighted by molar-refractivity contribution is 5.50. The van der Waals surface area contributed by atoms with Gasteiger partial charge in [0.05, 0.1) is 4.92 Å². The molecule has 5 nitrogen and oxygen atoms in total. The molecule has 7 heteroatoms. The number of nitrogens with two attached hydrogens (primary N) is 1. The van der Waals surface area contributed by atoms with E-state index in [1.54, 1.807) is 0 Å². The van der Waals surface area contributed by atoms with Crippen LogP contribution in [0.4, 0.5) is 14.5 Å². The molecule has 1 atom stereocenters. The molecule has 110 valence electrons. The van der Waals surface area contributed by atoms with Gasteiger partial charge in [-0.25, -0.2) is 8.78 Å². The molecule has 2 rings (SSSR count). The first-order valence-corrected chi connectivity index (χ1v) is 6.06. The first-order chi connectivity index (χ1) is 9.91. The second kappa shape index (κ2) is 5.84. The van der Waals surface area contributed by atoms with Gasteiger partial charge in [0.15, 0.2) is 5.82 Å². The molecule has 21 heavy (non-hydrogen) atoms. The minimum Gasteiger partial charge on any atom is -0.447 e. The number of hydrogen-bond acceptors (Lipinski definition) is 4. The lowest BCUT2D eigenvalue weighted by atomic mass is 10.1. The van der Waals surface area contributed by atoms with Crippen molar-refractivity contribution in [1.82, 2.24) is 0 Å². The Balaban J connectivity index is 2.54. The van der Waals surface area contributed by atoms with Crippen LogP contribution < -0.4 is 10.5 Å². The van der Waals surface area contributed by atoms with E-state index in [2.05, 4.69) is 0 Å². The molecule has 0 fully saturated rings. The Labute approximate surface area is 119 Å². The summed E-state index contributed by atoms with van der Waals surface area (Å²) in [5.74, 6) is -2.17. The average molecular weight is 294 g/mol. The summed E-state index contributed by atoms with van der Waals surface area (Å²) in [6.45, 7) is 1.53. The second-order valence-corrected chi connectivity index (χ2v) is 4.39. The van der Waals surface area contributed by atoms with E-state index in [9.17, 15) is 18.9 Å². The molecule has 2 aromatic carbocycles. The number of nitro groups is 1. The Morgan fingerprint density at radius 3 is 2.43 bits per heavy atom. The van der Waals surface area contributed by atoms with E-state index in [1.807, 2.05) is 0 Å².